The lowest BCUT2D eigenvalue weighted by Crippen LogP contribution is -2.66. The van der Waals surface area contributed by atoms with Gasteiger partial charge in [-0.2, -0.15) is 0 Å². The van der Waals surface area contributed by atoms with Crippen molar-refractivity contribution in [3.63, 3.8) is 0 Å². The average molecular weight is 972 g/mol. The SMILES string of the molecule is CO/C(=C\c1cc(Cl)c(O)c(Cl)c1)C(=O)N[C@H](C(=O)N[C@@H](CC(C)C)C(=O)N1[C@H](C)[C@@H](OC(C)=O)C[C@H]1C(=O)N[C@@H](CC(C)C)C(=O)N(O)[C@H](C(=O)N1[C@@H](C)C[C@H]1C(=O)O)C(C)C)[C@@H](C)O. The number of methoxy groups -OCH3 is 1. The molecule has 0 radical (unpaired) electrons. The molecule has 1 aromatic carbocycles. The van der Waals surface area contributed by atoms with E-state index >= 15 is 0 Å². The Balaban J connectivity index is 1.96. The Hall–Kier alpha value is -5.18. The molecule has 6 amide bonds. The molecule has 0 spiro atoms. The second kappa shape index (κ2) is 23.5. The molecule has 0 aliphatic carbocycles. The van der Waals surface area contributed by atoms with E-state index in [1.54, 1.807) is 48.5 Å². The van der Waals surface area contributed by atoms with Crippen molar-refractivity contribution < 1.29 is 68.4 Å². The monoisotopic (exact) mass is 970 g/mol. The molecule has 3 rings (SSSR count). The largest absolute Gasteiger partial charge is 0.505 e. The Morgan fingerprint density at radius 2 is 1.41 bits per heavy atom. The van der Waals surface area contributed by atoms with E-state index in [4.69, 9.17) is 32.7 Å². The highest BCUT2D eigenvalue weighted by molar-refractivity contribution is 6.37. The summed E-state index contributed by atoms with van der Waals surface area (Å²) in [5.41, 5.74) is 0.247. The van der Waals surface area contributed by atoms with Crippen molar-refractivity contribution in [2.75, 3.05) is 7.11 Å². The van der Waals surface area contributed by atoms with Gasteiger partial charge in [0.2, 0.25) is 23.6 Å². The molecule has 0 saturated carbocycles. The molecular weight excluding hydrogens is 907 g/mol. The van der Waals surface area contributed by atoms with Gasteiger partial charge in [0.1, 0.15) is 42.4 Å². The fraction of sp³-hybridized carbons (Fsp3) is 0.636. The predicted octanol–water partition coefficient (Wildman–Crippen LogP) is 2.85. The number of hydroxylamine groups is 2. The first-order valence-corrected chi connectivity index (χ1v) is 22.5. The van der Waals surface area contributed by atoms with Crippen molar-refractivity contribution in [3.05, 3.63) is 33.5 Å². The molecule has 1 aromatic rings. The number of halogens is 2. The molecule has 2 aliphatic rings. The highest BCUT2D eigenvalue weighted by Crippen LogP contribution is 2.34. The topological polar surface area (TPSA) is 282 Å². The molecule has 20 nitrogen and oxygen atoms in total. The highest BCUT2D eigenvalue weighted by atomic mass is 35.5. The van der Waals surface area contributed by atoms with Crippen LogP contribution in [-0.4, -0.2) is 150 Å². The van der Waals surface area contributed by atoms with E-state index in [1.165, 1.54) is 39.2 Å². The van der Waals surface area contributed by atoms with E-state index in [0.717, 1.165) is 16.7 Å². The number of hydrogen-bond donors (Lipinski definition) is 7. The number of nitrogens with one attached hydrogen (secondary N) is 3. The summed E-state index contributed by atoms with van der Waals surface area (Å²) in [4.78, 5) is 111. The van der Waals surface area contributed by atoms with Crippen LogP contribution in [0.2, 0.25) is 10.0 Å². The van der Waals surface area contributed by atoms with Crippen LogP contribution in [-0.2, 0) is 47.8 Å². The van der Waals surface area contributed by atoms with Crippen LogP contribution in [0.4, 0.5) is 0 Å². The van der Waals surface area contributed by atoms with Crippen molar-refractivity contribution in [2.45, 2.75) is 155 Å². The maximum atomic E-state index is 14.7. The van der Waals surface area contributed by atoms with E-state index in [1.807, 2.05) is 0 Å². The number of hydrogen-bond acceptors (Lipinski definition) is 13. The molecule has 368 valence electrons. The van der Waals surface area contributed by atoms with Crippen LogP contribution in [0.25, 0.3) is 6.08 Å². The smallest absolute Gasteiger partial charge is 0.326 e. The zero-order valence-corrected chi connectivity index (χ0v) is 40.5. The Kier molecular flexibility index (Phi) is 19.6. The van der Waals surface area contributed by atoms with E-state index in [2.05, 4.69) is 16.0 Å². The lowest BCUT2D eigenvalue weighted by molar-refractivity contribution is -0.195. The van der Waals surface area contributed by atoms with Gasteiger partial charge in [0.15, 0.2) is 11.5 Å². The maximum absolute atomic E-state index is 14.7. The van der Waals surface area contributed by atoms with Crippen molar-refractivity contribution in [1.29, 1.82) is 0 Å². The van der Waals surface area contributed by atoms with Crippen LogP contribution < -0.4 is 16.0 Å². The van der Waals surface area contributed by atoms with Gasteiger partial charge in [-0.3, -0.25) is 38.8 Å². The van der Waals surface area contributed by atoms with E-state index in [9.17, 15) is 58.9 Å². The van der Waals surface area contributed by atoms with Crippen LogP contribution in [0, 0.1) is 17.8 Å². The minimum atomic E-state index is -1.67. The molecule has 10 atom stereocenters. The predicted molar refractivity (Wildman–Crippen MR) is 239 cm³/mol. The molecule has 2 heterocycles. The van der Waals surface area contributed by atoms with E-state index in [-0.39, 0.29) is 69.7 Å². The van der Waals surface area contributed by atoms with Gasteiger partial charge in [-0.05, 0) is 81.6 Å². The van der Waals surface area contributed by atoms with Crippen LogP contribution in [0.3, 0.4) is 0 Å². The molecule has 66 heavy (non-hydrogen) atoms. The van der Waals surface area contributed by atoms with Gasteiger partial charge >= 0.3 is 11.9 Å². The van der Waals surface area contributed by atoms with Crippen molar-refractivity contribution in [2.24, 2.45) is 17.8 Å². The molecule has 22 heteroatoms. The number of esters is 1. The van der Waals surface area contributed by atoms with Crippen molar-refractivity contribution in [3.8, 4) is 5.75 Å². The number of aliphatic hydroxyl groups excluding tert-OH is 1. The zero-order chi connectivity index (χ0) is 50.2. The number of carbonyl (C=O) groups is 8. The number of benzene rings is 1. The lowest BCUT2D eigenvalue weighted by Gasteiger charge is -2.47. The number of aliphatic carboxylic acids is 1. The summed E-state index contributed by atoms with van der Waals surface area (Å²) in [7, 11) is 1.17. The summed E-state index contributed by atoms with van der Waals surface area (Å²) in [6.07, 6.45) is -1.45. The lowest BCUT2D eigenvalue weighted by atomic mass is 9.90. The van der Waals surface area contributed by atoms with Gasteiger partial charge in [-0.25, -0.2) is 9.86 Å². The first-order valence-electron chi connectivity index (χ1n) is 21.7. The minimum Gasteiger partial charge on any atom is -0.505 e. The fourth-order valence-corrected chi connectivity index (χ4v) is 8.63. The third-order valence-corrected chi connectivity index (χ3v) is 12.0. The standard InChI is InChI=1S/C44H64Cl2N6O14/c1-19(2)12-29(48-40(58)35(24(9)53)49-39(57)34(65-11)17-26-15-27(45)37(55)28(46)16-26)41(59)51-23(8)33(66-25(10)54)18-31(51)38(56)47-30(13-20(3)4)42(60)52(64)36(21(5)6)43(61)50-22(7)14-32(50)44(62)63/h15-17,19-24,29-33,35-36,53,55,64H,12-14,18H2,1-11H3,(H,47,56)(H,48,58)(H,49,57)(H,62,63)/b34-17-/t22-,23+,24+,29-,30-,31-,32-,33-,35-,36-/m0/s1. The van der Waals surface area contributed by atoms with Crippen LogP contribution in [0.15, 0.2) is 17.9 Å². The Morgan fingerprint density at radius 1 is 0.848 bits per heavy atom. The second-order valence-electron chi connectivity index (χ2n) is 18.1. The number of rotatable bonds is 20. The number of carbonyl (C=O) groups excluding carboxylic acids is 7. The van der Waals surface area contributed by atoms with Gasteiger partial charge in [0.05, 0.1) is 29.3 Å². The third kappa shape index (κ3) is 13.5. The number of amides is 6. The first-order chi connectivity index (χ1) is 30.6. The molecule has 2 aliphatic heterocycles. The van der Waals surface area contributed by atoms with Gasteiger partial charge in [0, 0.05) is 19.4 Å². The molecule has 2 fully saturated rings. The zero-order valence-electron chi connectivity index (χ0n) is 39.0. The minimum absolute atomic E-state index is 0.0106. The number of likely N-dealkylation sites (tertiary alicyclic amines) is 2. The Bertz CT molecular complexity index is 2010. The number of phenolic OH excluding ortho intramolecular Hbond substituents is 1. The number of carboxylic acids is 1. The number of nitrogens with zero attached hydrogens (tertiary/aromatic N) is 3. The van der Waals surface area contributed by atoms with E-state index in [0.29, 0.717) is 0 Å². The molecule has 0 bridgehead atoms. The van der Waals surface area contributed by atoms with Crippen LogP contribution in [0.5, 0.6) is 5.75 Å². The van der Waals surface area contributed by atoms with Crippen LogP contribution >= 0.6 is 23.2 Å². The summed E-state index contributed by atoms with van der Waals surface area (Å²) < 4.78 is 10.8. The van der Waals surface area contributed by atoms with E-state index < -0.39 is 114 Å². The van der Waals surface area contributed by atoms with Gasteiger partial charge in [-0.15, -0.1) is 0 Å². The summed E-state index contributed by atoms with van der Waals surface area (Å²) in [6, 6.07) is -7.43. The van der Waals surface area contributed by atoms with Crippen molar-refractivity contribution >= 4 is 76.7 Å². The first kappa shape index (κ1) is 55.1. The Morgan fingerprint density at radius 3 is 1.88 bits per heavy atom. The summed E-state index contributed by atoms with van der Waals surface area (Å²) >= 11 is 12.0. The molecule has 7 N–H and O–H groups in total. The average Bonchev–Trinajstić information content (AvgIpc) is 3.52. The van der Waals surface area contributed by atoms with Gasteiger partial charge < -0.3 is 50.5 Å². The van der Waals surface area contributed by atoms with Crippen LogP contribution in [0.1, 0.15) is 100 Å². The van der Waals surface area contributed by atoms with Gasteiger partial charge in [-0.1, -0.05) is 64.7 Å². The molecule has 2 saturated heterocycles. The fourth-order valence-electron chi connectivity index (χ4n) is 8.12. The molecular formula is C44H64Cl2N6O14. The number of phenols is 1. The number of ether oxygens (including phenoxy) is 2. The normalized spacial score (nSPS) is 21.8. The highest BCUT2D eigenvalue weighted by Gasteiger charge is 2.51. The third-order valence-electron chi connectivity index (χ3n) is 11.4. The summed E-state index contributed by atoms with van der Waals surface area (Å²) in [6.45, 7) is 15.7. The maximum Gasteiger partial charge on any atom is 0.326 e. The number of carboxylic acid groups (broad SMARTS) is 1. The quantitative estimate of drug-likeness (QED) is 0.0326. The number of aliphatic hydroxyl groups is 1. The summed E-state index contributed by atoms with van der Waals surface area (Å²) in [5.74, 6) is -9.39. The van der Waals surface area contributed by atoms with Crippen molar-refractivity contribution in [1.82, 2.24) is 30.8 Å². The second-order valence-corrected chi connectivity index (χ2v) is 18.9. The molecule has 0 unspecified atom stereocenters. The Labute approximate surface area is 394 Å². The molecule has 0 aromatic heterocycles. The van der Waals surface area contributed by atoms with Gasteiger partial charge in [0.25, 0.3) is 11.8 Å². The number of aromatic hydroxyl groups is 1. The summed E-state index contributed by atoms with van der Waals surface area (Å²) in [5, 5.41) is 49.3.